The van der Waals surface area contributed by atoms with Crippen LogP contribution in [-0.2, 0) is 52.1 Å². The van der Waals surface area contributed by atoms with Crippen LogP contribution in [0, 0.1) is 10.8 Å². The molecule has 0 aliphatic carbocycles. The van der Waals surface area contributed by atoms with Gasteiger partial charge in [0.2, 0.25) is 0 Å². The van der Waals surface area contributed by atoms with Crippen LogP contribution in [0.3, 0.4) is 0 Å². The molecule has 0 rings (SSSR count). The van der Waals surface area contributed by atoms with Crippen LogP contribution in [0.25, 0.3) is 0 Å². The molecule has 0 saturated heterocycles. The maximum atomic E-state index is 8.20. The predicted octanol–water partition coefficient (Wildman–Crippen LogP) is 9.69. The van der Waals surface area contributed by atoms with Gasteiger partial charge in [-0.1, -0.05) is 139 Å². The van der Waals surface area contributed by atoms with E-state index in [4.69, 9.17) is 52.5 Å². The summed E-state index contributed by atoms with van der Waals surface area (Å²) in [5, 5.41) is 12.9. The van der Waals surface area contributed by atoms with Crippen LogP contribution < -0.4 is 0 Å². The van der Waals surface area contributed by atoms with Crippen molar-refractivity contribution in [1.82, 2.24) is 0 Å². The quantitative estimate of drug-likeness (QED) is 0.0488. The van der Waals surface area contributed by atoms with Crippen molar-refractivity contribution in [3.63, 3.8) is 0 Å². The van der Waals surface area contributed by atoms with Gasteiger partial charge in [0.25, 0.3) is 0 Å². The van der Waals surface area contributed by atoms with Crippen LogP contribution in [0.4, 0.5) is 0 Å². The number of ether oxygens (including phenoxy) is 11. The normalized spacial score (nSPS) is 9.93. The molecule has 0 aromatic heterocycles. The third-order valence-corrected chi connectivity index (χ3v) is 11.7. The number of aliphatic hydroxyl groups excluding tert-OH is 1. The number of methoxy groups -OCH3 is 4. The van der Waals surface area contributed by atoms with E-state index >= 15 is 0 Å². The topological polar surface area (TPSA) is 122 Å². The van der Waals surface area contributed by atoms with Gasteiger partial charge in [-0.05, 0) is 0 Å². The highest BCUT2D eigenvalue weighted by Gasteiger charge is 2.31. The number of hydrogen-bond acceptors (Lipinski definition) is 12. The Balaban J connectivity index is -0.0000000725. The highest BCUT2D eigenvalue weighted by atomic mass is 79.9. The van der Waals surface area contributed by atoms with E-state index in [2.05, 4.69) is 84.4 Å². The molecule has 0 radical (unpaired) electrons. The highest BCUT2D eigenvalue weighted by Crippen LogP contribution is 2.27. The summed E-state index contributed by atoms with van der Waals surface area (Å²) in [6.07, 6.45) is 0. The first-order valence-corrected chi connectivity index (χ1v) is 20.9. The number of hydrogen-bond donors (Lipinski definition) is 1. The van der Waals surface area contributed by atoms with E-state index in [0.717, 1.165) is 21.3 Å². The Kier molecular flexibility index (Phi) is 108. The van der Waals surface area contributed by atoms with Crippen molar-refractivity contribution in [1.29, 1.82) is 0 Å². The van der Waals surface area contributed by atoms with Gasteiger partial charge in [0, 0.05) is 60.5 Å². The molecule has 0 heterocycles. The zero-order valence-electron chi connectivity index (χ0n) is 28.8. The average Bonchev–Trinajstić information content (AvgIpc) is 3.10. The highest BCUT2D eigenvalue weighted by molar-refractivity contribution is 9.11. The Labute approximate surface area is 385 Å². The van der Waals surface area contributed by atoms with Crippen LogP contribution in [0.1, 0.15) is 59.4 Å². The van der Waals surface area contributed by atoms with Crippen molar-refractivity contribution >= 4 is 79.6 Å². The number of halogens is 5. The minimum Gasteiger partial charge on any atom is -0.394 e. The van der Waals surface area contributed by atoms with Crippen LogP contribution in [0.2, 0.25) is 0 Å². The second-order valence-electron chi connectivity index (χ2n) is 9.97. The molecule has 55 heavy (non-hydrogen) atoms. The van der Waals surface area contributed by atoms with Gasteiger partial charge < -0.3 is 57.2 Å². The van der Waals surface area contributed by atoms with Gasteiger partial charge in [0.05, 0.1) is 131 Å². The molecule has 0 saturated carbocycles. The molecule has 352 valence electrons. The molecular formula is C38H93Br5O12. The smallest absolute Gasteiger partial charge is 0.0701 e. The average molecular weight is 1140 g/mol. The Hall–Kier alpha value is 1.92. The Bertz CT molecular complexity index is 509. The summed E-state index contributed by atoms with van der Waals surface area (Å²) in [7, 11) is 6.56. The van der Waals surface area contributed by atoms with Crippen molar-refractivity contribution in [2.45, 2.75) is 59.4 Å². The van der Waals surface area contributed by atoms with E-state index in [1.54, 1.807) is 28.4 Å². The zero-order valence-corrected chi connectivity index (χ0v) is 36.7. The molecule has 0 atom stereocenters. The molecule has 1 N–H and O–H groups in total. The first-order valence-electron chi connectivity index (χ1n) is 15.3. The number of alkyl halides is 5. The summed E-state index contributed by atoms with van der Waals surface area (Å²) in [4.78, 5) is 0. The lowest BCUT2D eigenvalue weighted by atomic mass is 9.94. The van der Waals surface area contributed by atoms with Gasteiger partial charge in [-0.2, -0.15) is 0 Å². The molecule has 0 unspecified atom stereocenters. The van der Waals surface area contributed by atoms with Crippen molar-refractivity contribution < 1.29 is 57.2 Å². The van der Waals surface area contributed by atoms with Gasteiger partial charge >= 0.3 is 0 Å². The number of rotatable bonds is 34. The summed E-state index contributed by atoms with van der Waals surface area (Å²) >= 11 is 17.5. The Morgan fingerprint density at radius 3 is 0.691 bits per heavy atom. The minimum absolute atomic E-state index is 0. The summed E-state index contributed by atoms with van der Waals surface area (Å²) in [6, 6.07) is 0. The van der Waals surface area contributed by atoms with E-state index in [0.29, 0.717) is 130 Å². The van der Waals surface area contributed by atoms with Crippen molar-refractivity contribution in [2.24, 2.45) is 10.8 Å². The predicted molar refractivity (Wildman–Crippen MR) is 258 cm³/mol. The van der Waals surface area contributed by atoms with Gasteiger partial charge in [-0.25, -0.2) is 0 Å². The zero-order chi connectivity index (χ0) is 35.7. The standard InChI is InChI=1S/C20H41BrO9.C5H8Br4.C5H12O3.8CH4/c1-22-4-7-25-10-13-28-17-20(16-21,18-29-14-11-26-8-5-23-2)19-30-15-12-27-9-6-24-3;6-1-5(2-7,3-8)4-9;1-7-4-5-8-3-2-6;;;;;;;;/h4-19H2,1-3H3;1-4H2;6H,2-5H2,1H3;8*1H4. The molecule has 0 bridgehead atoms. The Morgan fingerprint density at radius 1 is 0.309 bits per heavy atom. The molecule has 0 aromatic carbocycles. The molecule has 0 fully saturated rings. The first-order chi connectivity index (χ1) is 22.9. The van der Waals surface area contributed by atoms with Crippen LogP contribution >= 0.6 is 79.6 Å². The fourth-order valence-corrected chi connectivity index (χ4v) is 8.77. The van der Waals surface area contributed by atoms with Crippen molar-refractivity contribution in [3.05, 3.63) is 0 Å². The molecule has 17 heteroatoms. The molecule has 0 amide bonds. The van der Waals surface area contributed by atoms with Crippen molar-refractivity contribution in [3.8, 4) is 0 Å². The van der Waals surface area contributed by atoms with E-state index in [1.807, 2.05) is 0 Å². The van der Waals surface area contributed by atoms with Crippen LogP contribution in [0.15, 0.2) is 0 Å². The van der Waals surface area contributed by atoms with Gasteiger partial charge in [0.1, 0.15) is 0 Å². The Morgan fingerprint density at radius 2 is 0.509 bits per heavy atom. The van der Waals surface area contributed by atoms with E-state index in [1.165, 1.54) is 0 Å². The number of aliphatic hydroxyl groups is 1. The summed E-state index contributed by atoms with van der Waals surface area (Å²) in [5.41, 5.74) is 0.0194. The summed E-state index contributed by atoms with van der Waals surface area (Å²) in [5.74, 6) is 0. The van der Waals surface area contributed by atoms with E-state index < -0.39 is 0 Å². The third-order valence-electron chi connectivity index (χ3n) is 5.72. The second-order valence-corrected chi connectivity index (χ2v) is 12.8. The lowest BCUT2D eigenvalue weighted by Crippen LogP contribution is -2.40. The SMILES string of the molecule is BrCC(CBr)(CBr)CBr.C.C.C.C.C.C.C.C.COCCOCCO.COCCOCCOCC(CBr)(COCCOCCOC)COCCOCCOC. The van der Waals surface area contributed by atoms with Crippen molar-refractivity contribution in [2.75, 3.05) is 181 Å². The lowest BCUT2D eigenvalue weighted by Gasteiger charge is -2.31. The maximum Gasteiger partial charge on any atom is 0.0701 e. The van der Waals surface area contributed by atoms with Gasteiger partial charge in [-0.3, -0.25) is 0 Å². The largest absolute Gasteiger partial charge is 0.394 e. The van der Waals surface area contributed by atoms with Crippen LogP contribution in [0.5, 0.6) is 0 Å². The van der Waals surface area contributed by atoms with Gasteiger partial charge in [0.15, 0.2) is 0 Å². The fraction of sp³-hybridized carbons (Fsp3) is 1.00. The third kappa shape index (κ3) is 60.3. The van der Waals surface area contributed by atoms with Gasteiger partial charge in [-0.15, -0.1) is 0 Å². The summed E-state index contributed by atoms with van der Waals surface area (Å²) < 4.78 is 58.2. The molecule has 12 nitrogen and oxygen atoms in total. The minimum atomic E-state index is -0.314. The molecule has 0 aromatic rings. The molecule has 0 aliphatic rings. The molecular weight excluding hydrogens is 1050 g/mol. The lowest BCUT2D eigenvalue weighted by molar-refractivity contribution is -0.0793. The maximum absolute atomic E-state index is 8.20. The molecule has 0 aliphatic heterocycles. The van der Waals surface area contributed by atoms with E-state index in [-0.39, 0.29) is 71.4 Å². The van der Waals surface area contributed by atoms with Crippen LogP contribution in [-0.4, -0.2) is 186 Å². The first kappa shape index (κ1) is 84.4. The van der Waals surface area contributed by atoms with E-state index in [9.17, 15) is 0 Å². The fourth-order valence-electron chi connectivity index (χ4n) is 2.72. The monoisotopic (exact) mass is 1140 g/mol. The summed E-state index contributed by atoms with van der Waals surface area (Å²) in [6.45, 7) is 9.57. The molecule has 0 spiro atoms. The second kappa shape index (κ2) is 70.5.